The van der Waals surface area contributed by atoms with Crippen LogP contribution in [0.25, 0.3) is 0 Å². The SMILES string of the molecule is CCOC(=O)C1=C(C)N=C2SCCCN2C1c1cccc(NC(=O)Nc2ccc(OCC)cc2)c1. The number of aliphatic imine (C=N–C) groups is 1. The molecule has 2 heterocycles. The molecule has 2 aliphatic heterocycles. The number of carbonyl (C=O) groups excluding carboxylic acids is 2. The van der Waals surface area contributed by atoms with Crippen LogP contribution in [0, 0.1) is 0 Å². The van der Waals surface area contributed by atoms with Crippen molar-refractivity contribution in [2.75, 3.05) is 36.1 Å². The van der Waals surface area contributed by atoms with E-state index in [0.717, 1.165) is 35.2 Å². The fourth-order valence-corrected chi connectivity index (χ4v) is 5.19. The predicted molar refractivity (Wildman–Crippen MR) is 140 cm³/mol. The molecule has 35 heavy (non-hydrogen) atoms. The fourth-order valence-electron chi connectivity index (χ4n) is 4.17. The Morgan fingerprint density at radius 3 is 2.60 bits per heavy atom. The summed E-state index contributed by atoms with van der Waals surface area (Å²) in [6.45, 7) is 7.24. The molecule has 0 bridgehead atoms. The number of amidine groups is 1. The van der Waals surface area contributed by atoms with Crippen LogP contribution in [-0.4, -0.2) is 47.6 Å². The van der Waals surface area contributed by atoms with Crippen molar-refractivity contribution in [3.8, 4) is 5.75 Å². The summed E-state index contributed by atoms with van der Waals surface area (Å²) < 4.78 is 10.8. The Bertz CT molecular complexity index is 1150. The fraction of sp³-hybridized carbons (Fsp3) is 0.346. The molecule has 1 atom stereocenters. The molecule has 8 nitrogen and oxygen atoms in total. The van der Waals surface area contributed by atoms with Gasteiger partial charge < -0.3 is 25.0 Å². The first-order valence-corrected chi connectivity index (χ1v) is 12.8. The van der Waals surface area contributed by atoms with Gasteiger partial charge in [-0.2, -0.15) is 0 Å². The average Bonchev–Trinajstić information content (AvgIpc) is 2.85. The van der Waals surface area contributed by atoms with Crippen molar-refractivity contribution >= 4 is 40.3 Å². The van der Waals surface area contributed by atoms with Gasteiger partial charge in [0, 0.05) is 23.7 Å². The first-order valence-electron chi connectivity index (χ1n) is 11.8. The van der Waals surface area contributed by atoms with Gasteiger partial charge >= 0.3 is 12.0 Å². The minimum absolute atomic E-state index is 0.293. The van der Waals surface area contributed by atoms with Crippen LogP contribution in [0.4, 0.5) is 16.2 Å². The Hall–Kier alpha value is -3.46. The standard InChI is InChI=1S/C26H30N4O4S/c1-4-33-21-12-10-19(11-13-21)28-25(32)29-20-9-6-8-18(16-20)23-22(24(31)34-5-2)17(3)27-26-30(23)14-7-15-35-26/h6,8-13,16,23H,4-5,7,14-15H2,1-3H3,(H2,28,29,32). The zero-order chi connectivity index (χ0) is 24.8. The van der Waals surface area contributed by atoms with E-state index in [0.29, 0.717) is 35.9 Å². The molecule has 2 amide bonds. The number of anilines is 2. The van der Waals surface area contributed by atoms with Crippen LogP contribution in [0.15, 0.2) is 64.8 Å². The number of fused-ring (bicyclic) bond motifs is 1. The minimum atomic E-state index is -0.361. The Morgan fingerprint density at radius 2 is 1.86 bits per heavy atom. The van der Waals surface area contributed by atoms with Crippen LogP contribution in [0.2, 0.25) is 0 Å². The van der Waals surface area contributed by atoms with Crippen molar-refractivity contribution in [3.05, 3.63) is 65.4 Å². The number of hydrogen-bond donors (Lipinski definition) is 2. The van der Waals surface area contributed by atoms with E-state index >= 15 is 0 Å². The number of allylic oxidation sites excluding steroid dienone is 1. The number of rotatable bonds is 7. The summed E-state index contributed by atoms with van der Waals surface area (Å²) in [6.07, 6.45) is 0.998. The molecule has 4 rings (SSSR count). The topological polar surface area (TPSA) is 92.3 Å². The van der Waals surface area contributed by atoms with Crippen LogP contribution in [0.3, 0.4) is 0 Å². The lowest BCUT2D eigenvalue weighted by Crippen LogP contribution is -2.42. The van der Waals surface area contributed by atoms with E-state index in [9.17, 15) is 9.59 Å². The van der Waals surface area contributed by atoms with Gasteiger partial charge in [-0.15, -0.1) is 0 Å². The second-order valence-corrected chi connectivity index (χ2v) is 9.14. The van der Waals surface area contributed by atoms with Crippen molar-refractivity contribution in [2.45, 2.75) is 33.2 Å². The van der Waals surface area contributed by atoms with Crippen molar-refractivity contribution in [1.82, 2.24) is 4.90 Å². The third-order valence-corrected chi connectivity index (χ3v) is 6.71. The van der Waals surface area contributed by atoms with Crippen LogP contribution in [-0.2, 0) is 9.53 Å². The summed E-state index contributed by atoms with van der Waals surface area (Å²) >= 11 is 1.70. The van der Waals surface area contributed by atoms with Gasteiger partial charge in [0.05, 0.1) is 30.5 Å². The third kappa shape index (κ3) is 5.79. The molecular weight excluding hydrogens is 464 g/mol. The number of nitrogens with one attached hydrogen (secondary N) is 2. The maximum Gasteiger partial charge on any atom is 0.338 e. The number of esters is 1. The van der Waals surface area contributed by atoms with Crippen LogP contribution in [0.5, 0.6) is 5.75 Å². The van der Waals surface area contributed by atoms with Gasteiger partial charge in [-0.3, -0.25) is 0 Å². The van der Waals surface area contributed by atoms with E-state index < -0.39 is 0 Å². The number of nitrogens with zero attached hydrogens (tertiary/aromatic N) is 2. The van der Waals surface area contributed by atoms with Crippen molar-refractivity contribution in [1.29, 1.82) is 0 Å². The number of amides is 2. The number of benzene rings is 2. The quantitative estimate of drug-likeness (QED) is 0.500. The average molecular weight is 495 g/mol. The maximum absolute atomic E-state index is 12.9. The largest absolute Gasteiger partial charge is 0.494 e. The molecule has 0 saturated carbocycles. The maximum atomic E-state index is 12.9. The lowest BCUT2D eigenvalue weighted by Gasteiger charge is -2.40. The number of hydrogen-bond acceptors (Lipinski definition) is 7. The Kier molecular flexibility index (Phi) is 7.97. The van der Waals surface area contributed by atoms with E-state index in [-0.39, 0.29) is 18.0 Å². The molecule has 2 aromatic carbocycles. The number of carbonyl (C=O) groups is 2. The molecule has 2 aliphatic rings. The highest BCUT2D eigenvalue weighted by Gasteiger charge is 2.37. The highest BCUT2D eigenvalue weighted by Crippen LogP contribution is 2.40. The van der Waals surface area contributed by atoms with Gasteiger partial charge in [-0.05, 0) is 69.2 Å². The Labute approximate surface area is 209 Å². The predicted octanol–water partition coefficient (Wildman–Crippen LogP) is 5.42. The Morgan fingerprint density at radius 1 is 1.09 bits per heavy atom. The second-order valence-electron chi connectivity index (χ2n) is 8.07. The lowest BCUT2D eigenvalue weighted by atomic mass is 9.94. The highest BCUT2D eigenvalue weighted by atomic mass is 32.2. The molecule has 9 heteroatoms. The van der Waals surface area contributed by atoms with Crippen molar-refractivity contribution < 1.29 is 19.1 Å². The van der Waals surface area contributed by atoms with E-state index in [1.807, 2.05) is 50.2 Å². The van der Waals surface area contributed by atoms with Gasteiger partial charge in [0.15, 0.2) is 5.17 Å². The summed E-state index contributed by atoms with van der Waals surface area (Å²) in [7, 11) is 0. The van der Waals surface area contributed by atoms with Gasteiger partial charge in [-0.1, -0.05) is 23.9 Å². The second kappa shape index (κ2) is 11.3. The Balaban J connectivity index is 1.55. The molecule has 0 aromatic heterocycles. The monoisotopic (exact) mass is 494 g/mol. The summed E-state index contributed by atoms with van der Waals surface area (Å²) in [5.74, 6) is 1.38. The smallest absolute Gasteiger partial charge is 0.338 e. The third-order valence-electron chi connectivity index (χ3n) is 5.64. The summed E-state index contributed by atoms with van der Waals surface area (Å²) in [6, 6.07) is 14.1. The van der Waals surface area contributed by atoms with E-state index in [1.54, 1.807) is 30.8 Å². The van der Waals surface area contributed by atoms with Crippen LogP contribution in [0.1, 0.15) is 38.8 Å². The zero-order valence-corrected chi connectivity index (χ0v) is 21.0. The molecule has 2 aromatic rings. The minimum Gasteiger partial charge on any atom is -0.494 e. The van der Waals surface area contributed by atoms with E-state index in [4.69, 9.17) is 14.5 Å². The van der Waals surface area contributed by atoms with Gasteiger partial charge in [0.25, 0.3) is 0 Å². The molecule has 1 unspecified atom stereocenters. The van der Waals surface area contributed by atoms with Crippen molar-refractivity contribution in [2.24, 2.45) is 4.99 Å². The van der Waals surface area contributed by atoms with Crippen LogP contribution >= 0.6 is 11.8 Å². The molecule has 184 valence electrons. The summed E-state index contributed by atoms with van der Waals surface area (Å²) in [4.78, 5) is 32.4. The van der Waals surface area contributed by atoms with Crippen LogP contribution < -0.4 is 15.4 Å². The van der Waals surface area contributed by atoms with Crippen molar-refractivity contribution in [3.63, 3.8) is 0 Å². The molecule has 0 radical (unpaired) electrons. The molecular formula is C26H30N4O4S. The first kappa shape index (κ1) is 24.7. The number of thioether (sulfide) groups is 1. The zero-order valence-electron chi connectivity index (χ0n) is 20.2. The van der Waals surface area contributed by atoms with Gasteiger partial charge in [0.2, 0.25) is 0 Å². The normalized spacial score (nSPS) is 17.3. The van der Waals surface area contributed by atoms with E-state index in [1.165, 1.54) is 0 Å². The molecule has 0 spiro atoms. The summed E-state index contributed by atoms with van der Waals surface area (Å²) in [5.41, 5.74) is 3.38. The number of urea groups is 1. The number of ether oxygens (including phenoxy) is 2. The summed E-state index contributed by atoms with van der Waals surface area (Å²) in [5, 5.41) is 6.64. The van der Waals surface area contributed by atoms with Gasteiger partial charge in [0.1, 0.15) is 5.75 Å². The molecule has 1 fully saturated rings. The van der Waals surface area contributed by atoms with Gasteiger partial charge in [-0.25, -0.2) is 14.6 Å². The molecule has 2 N–H and O–H groups in total. The lowest BCUT2D eigenvalue weighted by molar-refractivity contribution is -0.139. The highest BCUT2D eigenvalue weighted by molar-refractivity contribution is 8.13. The molecule has 1 saturated heterocycles. The molecule has 0 aliphatic carbocycles. The van der Waals surface area contributed by atoms with E-state index in [2.05, 4.69) is 15.5 Å². The first-order chi connectivity index (χ1) is 17.0.